The van der Waals surface area contributed by atoms with E-state index in [0.717, 1.165) is 28.8 Å². The number of aromatic nitrogens is 2. The highest BCUT2D eigenvalue weighted by molar-refractivity contribution is 9.10. The van der Waals surface area contributed by atoms with Crippen molar-refractivity contribution < 1.29 is 4.39 Å². The van der Waals surface area contributed by atoms with E-state index in [4.69, 9.17) is 0 Å². The predicted octanol–water partition coefficient (Wildman–Crippen LogP) is 4.37. The minimum absolute atomic E-state index is 0.0640. The van der Waals surface area contributed by atoms with Gasteiger partial charge in [-0.25, -0.2) is 14.4 Å². The van der Waals surface area contributed by atoms with Gasteiger partial charge in [-0.2, -0.15) is 0 Å². The first-order chi connectivity index (χ1) is 10.1. The fourth-order valence-corrected chi connectivity index (χ4v) is 2.36. The Morgan fingerprint density at radius 1 is 1.29 bits per heavy atom. The molecule has 2 rings (SSSR count). The summed E-state index contributed by atoms with van der Waals surface area (Å²) in [5.41, 5.74) is 0.864. The topological polar surface area (TPSA) is 49.8 Å². The van der Waals surface area contributed by atoms with Crippen molar-refractivity contribution in [2.24, 2.45) is 0 Å². The quantitative estimate of drug-likeness (QED) is 0.810. The average Bonchev–Trinajstić information content (AvgIpc) is 2.48. The van der Waals surface area contributed by atoms with Gasteiger partial charge in [-0.1, -0.05) is 19.1 Å². The normalized spacial score (nSPS) is 12.0. The van der Waals surface area contributed by atoms with E-state index in [1.54, 1.807) is 6.07 Å². The lowest BCUT2D eigenvalue weighted by Crippen LogP contribution is -2.11. The number of hydrogen-bond donors (Lipinski definition) is 2. The van der Waals surface area contributed by atoms with Gasteiger partial charge >= 0.3 is 0 Å². The second-order valence-electron chi connectivity index (χ2n) is 4.73. The van der Waals surface area contributed by atoms with Gasteiger partial charge in [0.25, 0.3) is 0 Å². The zero-order chi connectivity index (χ0) is 15.2. The molecule has 1 aromatic carbocycles. The highest BCUT2D eigenvalue weighted by Crippen LogP contribution is 2.29. The molecule has 1 unspecified atom stereocenters. The van der Waals surface area contributed by atoms with Gasteiger partial charge in [0.2, 0.25) is 0 Å². The van der Waals surface area contributed by atoms with Crippen LogP contribution in [0, 0.1) is 5.82 Å². The van der Waals surface area contributed by atoms with Crippen molar-refractivity contribution in [2.75, 3.05) is 17.2 Å². The monoisotopic (exact) mass is 352 g/mol. The van der Waals surface area contributed by atoms with Gasteiger partial charge in [0.15, 0.2) is 0 Å². The average molecular weight is 353 g/mol. The molecule has 0 fully saturated rings. The zero-order valence-electron chi connectivity index (χ0n) is 12.0. The minimum atomic E-state index is -0.242. The van der Waals surface area contributed by atoms with Gasteiger partial charge in [-0.05, 0) is 47.0 Å². The molecule has 1 aromatic heterocycles. The SMILES string of the molecule is CCCNc1ncnc(NC(C)c2cccc(F)c2)c1Br. The molecule has 0 radical (unpaired) electrons. The molecule has 112 valence electrons. The smallest absolute Gasteiger partial charge is 0.146 e. The van der Waals surface area contributed by atoms with Crippen LogP contribution in [0.5, 0.6) is 0 Å². The predicted molar refractivity (Wildman–Crippen MR) is 87.0 cm³/mol. The maximum atomic E-state index is 13.3. The summed E-state index contributed by atoms with van der Waals surface area (Å²) in [4.78, 5) is 8.43. The number of hydrogen-bond acceptors (Lipinski definition) is 4. The molecule has 21 heavy (non-hydrogen) atoms. The van der Waals surface area contributed by atoms with Crippen LogP contribution in [0.3, 0.4) is 0 Å². The molecule has 1 atom stereocenters. The number of nitrogens with zero attached hydrogens (tertiary/aromatic N) is 2. The Hall–Kier alpha value is -1.69. The maximum Gasteiger partial charge on any atom is 0.146 e. The van der Waals surface area contributed by atoms with Crippen LogP contribution in [0.4, 0.5) is 16.0 Å². The zero-order valence-corrected chi connectivity index (χ0v) is 13.6. The standard InChI is InChI=1S/C15H18BrFN4/c1-3-7-18-14-13(16)15(20-9-19-14)21-10(2)11-5-4-6-12(17)8-11/h4-6,8-10H,3,7H2,1-2H3,(H2,18,19,20,21). The van der Waals surface area contributed by atoms with E-state index < -0.39 is 0 Å². The second kappa shape index (κ2) is 7.36. The maximum absolute atomic E-state index is 13.3. The molecule has 1 heterocycles. The molecule has 2 N–H and O–H groups in total. The van der Waals surface area contributed by atoms with Crippen molar-refractivity contribution in [1.82, 2.24) is 9.97 Å². The molecule has 0 saturated carbocycles. The van der Waals surface area contributed by atoms with E-state index >= 15 is 0 Å². The van der Waals surface area contributed by atoms with Gasteiger partial charge in [0, 0.05) is 6.54 Å². The number of nitrogens with one attached hydrogen (secondary N) is 2. The van der Waals surface area contributed by atoms with Crippen LogP contribution >= 0.6 is 15.9 Å². The molecule has 0 saturated heterocycles. The van der Waals surface area contributed by atoms with Crippen LogP contribution in [0.15, 0.2) is 35.1 Å². The van der Waals surface area contributed by atoms with Gasteiger partial charge in [-0.3, -0.25) is 0 Å². The van der Waals surface area contributed by atoms with Crippen LogP contribution in [0.2, 0.25) is 0 Å². The summed E-state index contributed by atoms with van der Waals surface area (Å²) in [6.07, 6.45) is 2.52. The van der Waals surface area contributed by atoms with Crippen LogP contribution < -0.4 is 10.6 Å². The lowest BCUT2D eigenvalue weighted by molar-refractivity contribution is 0.623. The summed E-state index contributed by atoms with van der Waals surface area (Å²) in [6, 6.07) is 6.47. The first-order valence-electron chi connectivity index (χ1n) is 6.88. The molecule has 0 aliphatic heterocycles. The third-order valence-electron chi connectivity index (χ3n) is 3.03. The van der Waals surface area contributed by atoms with Gasteiger partial charge in [0.1, 0.15) is 28.3 Å². The van der Waals surface area contributed by atoms with E-state index in [-0.39, 0.29) is 11.9 Å². The van der Waals surface area contributed by atoms with Crippen molar-refractivity contribution in [3.8, 4) is 0 Å². The highest BCUT2D eigenvalue weighted by Gasteiger charge is 2.12. The van der Waals surface area contributed by atoms with Crippen molar-refractivity contribution in [1.29, 1.82) is 0 Å². The third-order valence-corrected chi connectivity index (χ3v) is 3.78. The van der Waals surface area contributed by atoms with E-state index in [0.29, 0.717) is 5.82 Å². The van der Waals surface area contributed by atoms with E-state index in [1.807, 2.05) is 13.0 Å². The molecule has 2 aromatic rings. The Morgan fingerprint density at radius 2 is 2.05 bits per heavy atom. The van der Waals surface area contributed by atoms with Gasteiger partial charge < -0.3 is 10.6 Å². The Balaban J connectivity index is 2.15. The highest BCUT2D eigenvalue weighted by atomic mass is 79.9. The van der Waals surface area contributed by atoms with E-state index in [1.165, 1.54) is 18.5 Å². The number of anilines is 2. The van der Waals surface area contributed by atoms with E-state index in [2.05, 4.69) is 43.5 Å². The first kappa shape index (κ1) is 15.7. The molecular formula is C15H18BrFN4. The Kier molecular flexibility index (Phi) is 5.50. The van der Waals surface area contributed by atoms with Crippen LogP contribution in [-0.4, -0.2) is 16.5 Å². The molecule has 6 heteroatoms. The summed E-state index contributed by atoms with van der Waals surface area (Å²) in [6.45, 7) is 4.89. The summed E-state index contributed by atoms with van der Waals surface area (Å²) in [5, 5.41) is 6.49. The largest absolute Gasteiger partial charge is 0.369 e. The summed E-state index contributed by atoms with van der Waals surface area (Å²) in [7, 11) is 0. The Bertz CT molecular complexity index is 606. The second-order valence-corrected chi connectivity index (χ2v) is 5.53. The molecule has 4 nitrogen and oxygen atoms in total. The number of benzene rings is 1. The molecule has 0 bridgehead atoms. The lowest BCUT2D eigenvalue weighted by atomic mass is 10.1. The summed E-state index contributed by atoms with van der Waals surface area (Å²) < 4.78 is 14.1. The number of rotatable bonds is 6. The molecule has 0 aliphatic carbocycles. The molecule has 0 amide bonds. The molecule has 0 aliphatic rings. The van der Waals surface area contributed by atoms with Crippen LogP contribution in [0.25, 0.3) is 0 Å². The lowest BCUT2D eigenvalue weighted by Gasteiger charge is -2.17. The Labute approximate surface area is 132 Å². The summed E-state index contributed by atoms with van der Waals surface area (Å²) >= 11 is 3.50. The fourth-order valence-electron chi connectivity index (χ4n) is 1.90. The Morgan fingerprint density at radius 3 is 2.76 bits per heavy atom. The van der Waals surface area contributed by atoms with Crippen LogP contribution in [0.1, 0.15) is 31.9 Å². The third kappa shape index (κ3) is 4.14. The minimum Gasteiger partial charge on any atom is -0.369 e. The first-order valence-corrected chi connectivity index (χ1v) is 7.67. The van der Waals surface area contributed by atoms with Crippen LogP contribution in [-0.2, 0) is 0 Å². The van der Waals surface area contributed by atoms with Gasteiger partial charge in [-0.15, -0.1) is 0 Å². The number of halogens is 2. The van der Waals surface area contributed by atoms with Crippen molar-refractivity contribution in [2.45, 2.75) is 26.3 Å². The fraction of sp³-hybridized carbons (Fsp3) is 0.333. The molecular weight excluding hydrogens is 335 g/mol. The van der Waals surface area contributed by atoms with Crippen molar-refractivity contribution >= 4 is 27.6 Å². The summed E-state index contributed by atoms with van der Waals surface area (Å²) in [5.74, 6) is 1.19. The van der Waals surface area contributed by atoms with E-state index in [9.17, 15) is 4.39 Å². The van der Waals surface area contributed by atoms with Crippen molar-refractivity contribution in [3.05, 3.63) is 46.4 Å². The van der Waals surface area contributed by atoms with Gasteiger partial charge in [0.05, 0.1) is 6.04 Å². The molecule has 0 spiro atoms. The van der Waals surface area contributed by atoms with Crippen molar-refractivity contribution in [3.63, 3.8) is 0 Å².